The highest BCUT2D eigenvalue weighted by molar-refractivity contribution is 5.92. The normalized spacial score (nSPS) is 10.7. The Morgan fingerprint density at radius 1 is 1.07 bits per heavy atom. The first kappa shape index (κ1) is 22.3. The molecule has 0 aliphatic rings. The number of nitrogens with one attached hydrogen (secondary N) is 2. The first-order valence-electron chi connectivity index (χ1n) is 8.76. The molecule has 0 spiro atoms. The molecule has 1 aromatic carbocycles. The SMILES string of the molecule is CN(C)c1ccc(NC(=O)COC(=O)CCCNC(=O)OC(C)(C)C)cc1. The fourth-order valence-electron chi connectivity index (χ4n) is 2.00. The van der Waals surface area contributed by atoms with E-state index in [2.05, 4.69) is 10.6 Å². The number of anilines is 2. The summed E-state index contributed by atoms with van der Waals surface area (Å²) in [7, 11) is 3.85. The molecule has 2 N–H and O–H groups in total. The molecule has 2 amide bonds. The number of carbonyl (C=O) groups is 3. The summed E-state index contributed by atoms with van der Waals surface area (Å²) in [5, 5.41) is 5.21. The summed E-state index contributed by atoms with van der Waals surface area (Å²) in [6.45, 7) is 5.24. The van der Waals surface area contributed by atoms with Crippen molar-refractivity contribution in [2.75, 3.05) is 37.5 Å². The Balaban J connectivity index is 2.20. The molecule has 0 aliphatic carbocycles. The molecule has 0 saturated heterocycles. The number of hydrogen-bond acceptors (Lipinski definition) is 6. The van der Waals surface area contributed by atoms with Crippen LogP contribution in [0.25, 0.3) is 0 Å². The standard InChI is InChI=1S/C19H29N3O5/c1-19(2,3)27-18(25)20-12-6-7-17(24)26-13-16(23)21-14-8-10-15(11-9-14)22(4)5/h8-11H,6-7,12-13H2,1-5H3,(H,20,25)(H,21,23). The van der Waals surface area contributed by atoms with E-state index in [1.807, 2.05) is 31.1 Å². The molecule has 0 heterocycles. The molecule has 0 aromatic heterocycles. The number of alkyl carbamates (subject to hydrolysis) is 1. The number of amides is 2. The van der Waals surface area contributed by atoms with Gasteiger partial charge in [0.05, 0.1) is 0 Å². The summed E-state index contributed by atoms with van der Waals surface area (Å²) in [6.07, 6.45) is -0.0396. The Morgan fingerprint density at radius 3 is 2.26 bits per heavy atom. The van der Waals surface area contributed by atoms with Gasteiger partial charge in [-0.25, -0.2) is 4.79 Å². The Labute approximate surface area is 160 Å². The Morgan fingerprint density at radius 2 is 1.70 bits per heavy atom. The lowest BCUT2D eigenvalue weighted by molar-refractivity contribution is -0.147. The quantitative estimate of drug-likeness (QED) is 0.532. The first-order chi connectivity index (χ1) is 12.6. The molecule has 8 heteroatoms. The van der Waals surface area contributed by atoms with Crippen molar-refractivity contribution in [2.24, 2.45) is 0 Å². The van der Waals surface area contributed by atoms with E-state index in [1.54, 1.807) is 32.9 Å². The minimum Gasteiger partial charge on any atom is -0.456 e. The van der Waals surface area contributed by atoms with Crippen LogP contribution in [0.4, 0.5) is 16.2 Å². The monoisotopic (exact) mass is 379 g/mol. The number of nitrogens with zero attached hydrogens (tertiary/aromatic N) is 1. The van der Waals surface area contributed by atoms with Gasteiger partial charge in [0.25, 0.3) is 5.91 Å². The van der Waals surface area contributed by atoms with Gasteiger partial charge < -0.3 is 25.0 Å². The predicted octanol–water partition coefficient (Wildman–Crippen LogP) is 2.54. The zero-order valence-electron chi connectivity index (χ0n) is 16.6. The molecule has 0 radical (unpaired) electrons. The van der Waals surface area contributed by atoms with Gasteiger partial charge in [-0.3, -0.25) is 9.59 Å². The van der Waals surface area contributed by atoms with Crippen molar-refractivity contribution in [3.63, 3.8) is 0 Å². The van der Waals surface area contributed by atoms with Gasteiger partial charge in [0.2, 0.25) is 0 Å². The van der Waals surface area contributed by atoms with Gasteiger partial charge >= 0.3 is 12.1 Å². The Kier molecular flexibility index (Phi) is 8.58. The van der Waals surface area contributed by atoms with Crippen molar-refractivity contribution < 1.29 is 23.9 Å². The third-order valence-electron chi connectivity index (χ3n) is 3.26. The highest BCUT2D eigenvalue weighted by Crippen LogP contribution is 2.15. The Hall–Kier alpha value is -2.77. The van der Waals surface area contributed by atoms with Crippen molar-refractivity contribution >= 4 is 29.3 Å². The number of esters is 1. The maximum atomic E-state index is 11.8. The van der Waals surface area contributed by atoms with Crippen molar-refractivity contribution in [1.82, 2.24) is 5.32 Å². The van der Waals surface area contributed by atoms with E-state index in [4.69, 9.17) is 9.47 Å². The van der Waals surface area contributed by atoms with Gasteiger partial charge in [-0.05, 0) is 51.5 Å². The third-order valence-corrected chi connectivity index (χ3v) is 3.26. The zero-order chi connectivity index (χ0) is 20.4. The molecule has 0 saturated carbocycles. The summed E-state index contributed by atoms with van der Waals surface area (Å²) in [4.78, 5) is 36.9. The summed E-state index contributed by atoms with van der Waals surface area (Å²) in [5.41, 5.74) is 1.08. The summed E-state index contributed by atoms with van der Waals surface area (Å²) >= 11 is 0. The van der Waals surface area contributed by atoms with Crippen molar-refractivity contribution in [3.05, 3.63) is 24.3 Å². The maximum Gasteiger partial charge on any atom is 0.407 e. The fourth-order valence-corrected chi connectivity index (χ4v) is 2.00. The molecule has 27 heavy (non-hydrogen) atoms. The number of rotatable bonds is 8. The average Bonchev–Trinajstić information content (AvgIpc) is 2.56. The molecule has 0 atom stereocenters. The van der Waals surface area contributed by atoms with E-state index in [9.17, 15) is 14.4 Å². The third kappa shape index (κ3) is 10.1. The van der Waals surface area contributed by atoms with Gasteiger partial charge in [-0.15, -0.1) is 0 Å². The van der Waals surface area contributed by atoms with E-state index >= 15 is 0 Å². The Bertz CT molecular complexity index is 636. The minimum atomic E-state index is -0.566. The highest BCUT2D eigenvalue weighted by Gasteiger charge is 2.15. The van der Waals surface area contributed by atoms with E-state index in [0.717, 1.165) is 5.69 Å². The number of carbonyl (C=O) groups excluding carboxylic acids is 3. The molecule has 8 nitrogen and oxygen atoms in total. The van der Waals surface area contributed by atoms with Crippen LogP contribution in [-0.2, 0) is 19.1 Å². The summed E-state index contributed by atoms with van der Waals surface area (Å²) in [6, 6.07) is 7.30. The van der Waals surface area contributed by atoms with Crippen LogP contribution in [-0.4, -0.2) is 50.8 Å². The van der Waals surface area contributed by atoms with Crippen molar-refractivity contribution in [2.45, 2.75) is 39.2 Å². The van der Waals surface area contributed by atoms with Crippen LogP contribution in [0, 0.1) is 0 Å². The van der Waals surface area contributed by atoms with Crippen LogP contribution < -0.4 is 15.5 Å². The summed E-state index contributed by atoms with van der Waals surface area (Å²) in [5.74, 6) is -0.910. The maximum absolute atomic E-state index is 11.8. The fraction of sp³-hybridized carbons (Fsp3) is 0.526. The van der Waals surface area contributed by atoms with Crippen LogP contribution in [0.15, 0.2) is 24.3 Å². The molecular weight excluding hydrogens is 350 g/mol. The van der Waals surface area contributed by atoms with Crippen LogP contribution in [0.5, 0.6) is 0 Å². The number of hydrogen-bond donors (Lipinski definition) is 2. The molecule has 1 rings (SSSR count). The topological polar surface area (TPSA) is 97.0 Å². The predicted molar refractivity (Wildman–Crippen MR) is 104 cm³/mol. The second-order valence-corrected chi connectivity index (χ2v) is 7.18. The lowest BCUT2D eigenvalue weighted by Crippen LogP contribution is -2.33. The van der Waals surface area contributed by atoms with E-state index in [1.165, 1.54) is 0 Å². The van der Waals surface area contributed by atoms with E-state index < -0.39 is 23.6 Å². The smallest absolute Gasteiger partial charge is 0.407 e. The molecule has 0 bridgehead atoms. The molecular formula is C19H29N3O5. The number of ether oxygens (including phenoxy) is 2. The lowest BCUT2D eigenvalue weighted by Gasteiger charge is -2.19. The largest absolute Gasteiger partial charge is 0.456 e. The van der Waals surface area contributed by atoms with Crippen molar-refractivity contribution in [3.8, 4) is 0 Å². The molecule has 1 aromatic rings. The summed E-state index contributed by atoms with van der Waals surface area (Å²) < 4.78 is 10.0. The molecule has 0 fully saturated rings. The average molecular weight is 379 g/mol. The van der Waals surface area contributed by atoms with Crippen LogP contribution >= 0.6 is 0 Å². The van der Waals surface area contributed by atoms with Crippen LogP contribution in [0.3, 0.4) is 0 Å². The molecule has 150 valence electrons. The molecule has 0 aliphatic heterocycles. The second-order valence-electron chi connectivity index (χ2n) is 7.18. The molecule has 0 unspecified atom stereocenters. The van der Waals surface area contributed by atoms with Gasteiger partial charge in [0.15, 0.2) is 6.61 Å². The van der Waals surface area contributed by atoms with Gasteiger partial charge in [0, 0.05) is 38.4 Å². The minimum absolute atomic E-state index is 0.0978. The van der Waals surface area contributed by atoms with Gasteiger partial charge in [-0.2, -0.15) is 0 Å². The van der Waals surface area contributed by atoms with Gasteiger partial charge in [-0.1, -0.05) is 0 Å². The second kappa shape index (κ2) is 10.4. The van der Waals surface area contributed by atoms with E-state index in [-0.39, 0.29) is 19.6 Å². The highest BCUT2D eigenvalue weighted by atomic mass is 16.6. The zero-order valence-corrected chi connectivity index (χ0v) is 16.6. The van der Waals surface area contributed by atoms with E-state index in [0.29, 0.717) is 12.1 Å². The van der Waals surface area contributed by atoms with Crippen LogP contribution in [0.1, 0.15) is 33.6 Å². The van der Waals surface area contributed by atoms with Gasteiger partial charge in [0.1, 0.15) is 5.60 Å². The first-order valence-corrected chi connectivity index (χ1v) is 8.76. The van der Waals surface area contributed by atoms with Crippen molar-refractivity contribution in [1.29, 1.82) is 0 Å². The van der Waals surface area contributed by atoms with Crippen LogP contribution in [0.2, 0.25) is 0 Å². The lowest BCUT2D eigenvalue weighted by atomic mass is 10.2. The number of benzene rings is 1.